The van der Waals surface area contributed by atoms with E-state index in [1.54, 1.807) is 22.4 Å². The van der Waals surface area contributed by atoms with Crippen LogP contribution in [-0.4, -0.2) is 23.0 Å². The molecule has 1 aromatic rings. The minimum absolute atomic E-state index is 0.179. The van der Waals surface area contributed by atoms with E-state index >= 15 is 0 Å². The first kappa shape index (κ1) is 11.3. The molecular weight excluding hydrogens is 232 g/mol. The lowest BCUT2D eigenvalue weighted by molar-refractivity contribution is 0.519. The van der Waals surface area contributed by atoms with Crippen molar-refractivity contribution in [1.82, 2.24) is 10.3 Å². The van der Waals surface area contributed by atoms with Gasteiger partial charge in [-0.05, 0) is 18.4 Å². The molecule has 2 rings (SSSR count). The third-order valence-electron chi connectivity index (χ3n) is 2.39. The van der Waals surface area contributed by atoms with Gasteiger partial charge in [-0.25, -0.2) is 4.99 Å². The molecule has 0 aliphatic carbocycles. The Morgan fingerprint density at radius 3 is 2.88 bits per heavy atom. The monoisotopic (exact) mass is 241 g/mol. The zero-order valence-corrected chi connectivity index (χ0v) is 10.0. The van der Waals surface area contributed by atoms with Gasteiger partial charge >= 0.3 is 0 Å². The Morgan fingerprint density at radius 1 is 1.53 bits per heavy atom. The van der Waals surface area contributed by atoms with Gasteiger partial charge in [-0.15, -0.1) is 0 Å². The zero-order valence-electron chi connectivity index (χ0n) is 9.21. The molecule has 0 atom stereocenters. The first-order valence-corrected chi connectivity index (χ1v) is 6.01. The van der Waals surface area contributed by atoms with E-state index in [1.807, 2.05) is 35.7 Å². The molecule has 17 heavy (non-hydrogen) atoms. The lowest BCUT2D eigenvalue weighted by atomic mass is 10.2. The van der Waals surface area contributed by atoms with Crippen molar-refractivity contribution in [2.75, 3.05) is 6.54 Å². The summed E-state index contributed by atoms with van der Waals surface area (Å²) in [6, 6.07) is 3.92. The van der Waals surface area contributed by atoms with Crippen molar-refractivity contribution in [1.29, 1.82) is 5.26 Å². The van der Waals surface area contributed by atoms with Crippen molar-refractivity contribution in [2.24, 2.45) is 4.99 Å². The Balaban J connectivity index is 2.51. The molecule has 4 nitrogen and oxygen atoms in total. The van der Waals surface area contributed by atoms with Gasteiger partial charge in [-0.1, -0.05) is 5.41 Å². The molecule has 2 heterocycles. The predicted molar refractivity (Wildman–Crippen MR) is 68.4 cm³/mol. The average Bonchev–Trinajstić information content (AvgIpc) is 2.90. The lowest BCUT2D eigenvalue weighted by Gasteiger charge is -2.23. The molecule has 1 radical (unpaired) electrons. The molecule has 0 saturated carbocycles. The Morgan fingerprint density at radius 2 is 2.35 bits per heavy atom. The molecule has 5 heteroatoms. The van der Waals surface area contributed by atoms with Crippen LogP contribution in [0.2, 0.25) is 0 Å². The van der Waals surface area contributed by atoms with Crippen molar-refractivity contribution in [3.05, 3.63) is 34.3 Å². The molecule has 1 aliphatic heterocycles. The molecule has 0 N–H and O–H groups in total. The van der Waals surface area contributed by atoms with Crippen LogP contribution >= 0.6 is 11.3 Å². The van der Waals surface area contributed by atoms with Crippen molar-refractivity contribution in [2.45, 2.75) is 6.92 Å². The predicted octanol–water partition coefficient (Wildman–Crippen LogP) is 1.70. The number of rotatable bonds is 2. The van der Waals surface area contributed by atoms with Crippen LogP contribution in [0.3, 0.4) is 0 Å². The van der Waals surface area contributed by atoms with E-state index in [1.165, 1.54) is 0 Å². The molecular formula is C12H9N4S. The van der Waals surface area contributed by atoms with E-state index in [0.717, 1.165) is 11.3 Å². The summed E-state index contributed by atoms with van der Waals surface area (Å²) in [4.78, 5) is 5.96. The minimum atomic E-state index is 0.179. The molecule has 0 aromatic carbocycles. The van der Waals surface area contributed by atoms with Gasteiger partial charge in [-0.3, -0.25) is 0 Å². The fourth-order valence-corrected chi connectivity index (χ4v) is 2.19. The summed E-state index contributed by atoms with van der Waals surface area (Å²) in [6.45, 7) is 2.57. The van der Waals surface area contributed by atoms with Crippen LogP contribution < -0.4 is 5.41 Å². The van der Waals surface area contributed by atoms with Gasteiger partial charge in [-0.2, -0.15) is 16.6 Å². The Kier molecular flexibility index (Phi) is 3.20. The van der Waals surface area contributed by atoms with Crippen molar-refractivity contribution >= 4 is 28.6 Å². The van der Waals surface area contributed by atoms with Gasteiger partial charge < -0.3 is 4.90 Å². The van der Waals surface area contributed by atoms with E-state index in [9.17, 15) is 0 Å². The second-order valence-electron chi connectivity index (χ2n) is 3.35. The summed E-state index contributed by atoms with van der Waals surface area (Å²) >= 11 is 1.57. The standard InChI is InChI=1S/C12H9N4S/c1-2-16-7-11(9-3-4-17-8-9)15-10(5-13)12(16)6-14/h3-4,7-8H,2H2,1H3. The summed E-state index contributed by atoms with van der Waals surface area (Å²) in [7, 11) is 0. The Hall–Kier alpha value is -2.15. The summed E-state index contributed by atoms with van der Waals surface area (Å²) in [5.74, 6) is 2.02. The Bertz CT molecular complexity index is 568. The van der Waals surface area contributed by atoms with E-state index in [4.69, 9.17) is 10.7 Å². The van der Waals surface area contributed by atoms with Gasteiger partial charge in [0.1, 0.15) is 11.8 Å². The number of aliphatic imine (C=N–C) groups is 1. The Labute approximate surface area is 103 Å². The van der Waals surface area contributed by atoms with E-state index in [2.05, 4.69) is 4.99 Å². The smallest absolute Gasteiger partial charge is 0.174 e. The lowest BCUT2D eigenvalue weighted by Crippen LogP contribution is -2.25. The van der Waals surface area contributed by atoms with Crippen molar-refractivity contribution in [3.8, 4) is 6.07 Å². The summed E-state index contributed by atoms with van der Waals surface area (Å²) in [5, 5.41) is 22.0. The average molecular weight is 241 g/mol. The van der Waals surface area contributed by atoms with Crippen LogP contribution in [0.4, 0.5) is 0 Å². The van der Waals surface area contributed by atoms with Gasteiger partial charge in [0.2, 0.25) is 0 Å². The second-order valence-corrected chi connectivity index (χ2v) is 4.13. The molecule has 0 amide bonds. The van der Waals surface area contributed by atoms with Gasteiger partial charge in [0.15, 0.2) is 5.71 Å². The third-order valence-corrected chi connectivity index (χ3v) is 3.07. The minimum Gasteiger partial charge on any atom is -0.336 e. The number of allylic oxidation sites excluding steroid dienone is 1. The fraction of sp³-hybridized carbons (Fsp3) is 0.167. The summed E-state index contributed by atoms with van der Waals surface area (Å²) in [6.07, 6.45) is 1.81. The topological polar surface area (TPSA) is 61.7 Å². The van der Waals surface area contributed by atoms with Gasteiger partial charge in [0, 0.05) is 29.6 Å². The quantitative estimate of drug-likeness (QED) is 0.740. The van der Waals surface area contributed by atoms with Crippen LogP contribution in [-0.2, 0) is 0 Å². The molecule has 0 spiro atoms. The second kappa shape index (κ2) is 4.79. The van der Waals surface area contributed by atoms with E-state index < -0.39 is 0 Å². The highest BCUT2D eigenvalue weighted by molar-refractivity contribution is 7.08. The van der Waals surface area contributed by atoms with Crippen molar-refractivity contribution in [3.63, 3.8) is 0 Å². The van der Waals surface area contributed by atoms with Gasteiger partial charge in [0.05, 0.1) is 5.70 Å². The van der Waals surface area contributed by atoms with E-state index in [0.29, 0.717) is 12.2 Å². The van der Waals surface area contributed by atoms with Crippen LogP contribution in [0.25, 0.3) is 5.70 Å². The third kappa shape index (κ3) is 2.04. The largest absolute Gasteiger partial charge is 0.336 e. The van der Waals surface area contributed by atoms with E-state index in [-0.39, 0.29) is 5.71 Å². The molecule has 0 saturated heterocycles. The summed E-state index contributed by atoms with van der Waals surface area (Å²) < 4.78 is 0. The van der Waals surface area contributed by atoms with Crippen LogP contribution in [0, 0.1) is 11.3 Å². The maximum absolute atomic E-state index is 9.02. The van der Waals surface area contributed by atoms with Crippen LogP contribution in [0.5, 0.6) is 0 Å². The highest BCUT2D eigenvalue weighted by atomic mass is 32.1. The highest BCUT2D eigenvalue weighted by Gasteiger charge is 2.20. The molecule has 0 bridgehead atoms. The number of thiophene rings is 1. The number of nitrogens with zero attached hydrogens (tertiary/aromatic N) is 4. The fourth-order valence-electron chi connectivity index (χ4n) is 1.54. The van der Waals surface area contributed by atoms with Crippen molar-refractivity contribution < 1.29 is 0 Å². The maximum Gasteiger partial charge on any atom is 0.174 e. The number of hydrogen-bond donors (Lipinski definition) is 0. The molecule has 1 aromatic heterocycles. The number of hydrogen-bond acceptors (Lipinski definition) is 4. The molecule has 1 aliphatic rings. The first-order valence-electron chi connectivity index (χ1n) is 5.07. The van der Waals surface area contributed by atoms with Gasteiger partial charge in [0.25, 0.3) is 0 Å². The maximum atomic E-state index is 9.02. The molecule has 0 fully saturated rings. The number of nitriles is 1. The molecule has 83 valence electrons. The highest BCUT2D eigenvalue weighted by Crippen LogP contribution is 2.25. The zero-order chi connectivity index (χ0) is 12.3. The molecule has 0 unspecified atom stereocenters. The SMILES string of the molecule is CCN1C=C(c2ccsc2)N=C(C#N)C1=C=[N]. The summed E-state index contributed by atoms with van der Waals surface area (Å²) in [5.41, 5.74) is 2.19. The van der Waals surface area contributed by atoms with Crippen LogP contribution in [0.15, 0.2) is 33.7 Å². The van der Waals surface area contributed by atoms with Crippen LogP contribution in [0.1, 0.15) is 12.5 Å². The first-order chi connectivity index (χ1) is 8.30. The normalized spacial score (nSPS) is 14.8.